The van der Waals surface area contributed by atoms with Gasteiger partial charge in [0.1, 0.15) is 5.82 Å². The van der Waals surface area contributed by atoms with Crippen molar-refractivity contribution in [1.82, 2.24) is 15.2 Å². The molecule has 5 heteroatoms. The maximum atomic E-state index is 5.45. The number of hydrogen-bond acceptors (Lipinski definition) is 3. The number of benzene rings is 1. The van der Waals surface area contributed by atoms with Gasteiger partial charge in [-0.15, -0.1) is 0 Å². The Labute approximate surface area is 109 Å². The van der Waals surface area contributed by atoms with Crippen molar-refractivity contribution in [3.8, 4) is 0 Å². The number of hydrogen-bond donors (Lipinski definition) is 2. The molecule has 1 aromatic heterocycles. The summed E-state index contributed by atoms with van der Waals surface area (Å²) in [5, 5.41) is 7.13. The molecule has 0 spiro atoms. The highest BCUT2D eigenvalue weighted by molar-refractivity contribution is 9.10. The smallest absolute Gasteiger partial charge is 0.150 e. The van der Waals surface area contributed by atoms with Crippen molar-refractivity contribution in [1.29, 1.82) is 0 Å². The van der Waals surface area contributed by atoms with Crippen LogP contribution in [0.1, 0.15) is 23.6 Å². The first-order chi connectivity index (χ1) is 8.28. The van der Waals surface area contributed by atoms with Gasteiger partial charge in [-0.1, -0.05) is 28.1 Å². The summed E-state index contributed by atoms with van der Waals surface area (Å²) >= 11 is 3.45. The number of rotatable bonds is 5. The Morgan fingerprint density at radius 1 is 1.35 bits per heavy atom. The van der Waals surface area contributed by atoms with Crippen LogP contribution in [0.25, 0.3) is 0 Å². The van der Waals surface area contributed by atoms with Crippen LogP contribution in [0.5, 0.6) is 0 Å². The molecule has 1 heterocycles. The van der Waals surface area contributed by atoms with Crippen LogP contribution >= 0.6 is 15.9 Å². The lowest BCUT2D eigenvalue weighted by Gasteiger charge is -1.98. The molecule has 0 aliphatic carbocycles. The van der Waals surface area contributed by atoms with Crippen LogP contribution in [-0.2, 0) is 12.8 Å². The highest BCUT2D eigenvalue weighted by Crippen LogP contribution is 2.13. The van der Waals surface area contributed by atoms with E-state index in [9.17, 15) is 0 Å². The Morgan fingerprint density at radius 2 is 2.24 bits per heavy atom. The van der Waals surface area contributed by atoms with Crippen molar-refractivity contribution in [2.45, 2.75) is 19.3 Å². The van der Waals surface area contributed by atoms with Gasteiger partial charge in [0.05, 0.1) is 0 Å². The Morgan fingerprint density at radius 3 is 3.00 bits per heavy atom. The number of nitrogens with two attached hydrogens (primary N) is 1. The number of aromatic amines is 1. The van der Waals surface area contributed by atoms with Crippen LogP contribution in [0.15, 0.2) is 28.7 Å². The number of halogens is 1. The summed E-state index contributed by atoms with van der Waals surface area (Å²) < 4.78 is 1.08. The van der Waals surface area contributed by atoms with E-state index in [1.54, 1.807) is 0 Å². The number of nitrogens with one attached hydrogen (secondary N) is 1. The van der Waals surface area contributed by atoms with Gasteiger partial charge in [-0.3, -0.25) is 5.10 Å². The Kier molecular flexibility index (Phi) is 4.28. The van der Waals surface area contributed by atoms with Gasteiger partial charge in [0.15, 0.2) is 5.82 Å². The van der Waals surface area contributed by atoms with Gasteiger partial charge in [0, 0.05) is 17.3 Å². The van der Waals surface area contributed by atoms with Crippen LogP contribution in [0, 0.1) is 0 Å². The molecule has 0 unspecified atom stereocenters. The van der Waals surface area contributed by atoms with Gasteiger partial charge in [0.25, 0.3) is 0 Å². The molecule has 0 fully saturated rings. The minimum Gasteiger partial charge on any atom is -0.330 e. The topological polar surface area (TPSA) is 67.6 Å². The van der Waals surface area contributed by atoms with Gasteiger partial charge in [-0.05, 0) is 30.7 Å². The average molecular weight is 295 g/mol. The molecule has 4 nitrogen and oxygen atoms in total. The molecule has 0 aliphatic heterocycles. The lowest BCUT2D eigenvalue weighted by molar-refractivity contribution is 0.785. The third kappa shape index (κ3) is 3.64. The molecule has 17 heavy (non-hydrogen) atoms. The monoisotopic (exact) mass is 294 g/mol. The van der Waals surface area contributed by atoms with E-state index in [1.807, 2.05) is 12.1 Å². The molecule has 0 saturated heterocycles. The number of nitrogens with zero attached hydrogens (tertiary/aromatic N) is 2. The Balaban J connectivity index is 2.01. The van der Waals surface area contributed by atoms with Gasteiger partial charge in [-0.25, -0.2) is 4.98 Å². The number of aryl methyl sites for hydroxylation is 1. The SMILES string of the molecule is NCCCc1n[nH]c(Cc2cccc(Br)c2)n1. The molecule has 3 N–H and O–H groups in total. The van der Waals surface area contributed by atoms with E-state index in [0.29, 0.717) is 6.54 Å². The second-order valence-electron chi connectivity index (χ2n) is 3.90. The highest BCUT2D eigenvalue weighted by Gasteiger charge is 2.04. The second-order valence-corrected chi connectivity index (χ2v) is 4.81. The zero-order valence-electron chi connectivity index (χ0n) is 9.49. The zero-order valence-corrected chi connectivity index (χ0v) is 11.1. The molecule has 0 radical (unpaired) electrons. The summed E-state index contributed by atoms with van der Waals surface area (Å²) in [6, 6.07) is 8.19. The summed E-state index contributed by atoms with van der Waals surface area (Å²) in [7, 11) is 0. The fourth-order valence-corrected chi connectivity index (χ4v) is 2.07. The van der Waals surface area contributed by atoms with Crippen molar-refractivity contribution >= 4 is 15.9 Å². The lowest BCUT2D eigenvalue weighted by Crippen LogP contribution is -2.01. The molecule has 0 aliphatic rings. The quantitative estimate of drug-likeness (QED) is 0.887. The Hall–Kier alpha value is -1.20. The molecule has 0 atom stereocenters. The predicted octanol–water partition coefficient (Wildman–Crippen LogP) is 2.05. The molecule has 0 bridgehead atoms. The molecule has 2 rings (SSSR count). The van der Waals surface area contributed by atoms with Crippen molar-refractivity contribution in [3.63, 3.8) is 0 Å². The fraction of sp³-hybridized carbons (Fsp3) is 0.333. The molecular formula is C12H15BrN4. The number of H-pyrrole nitrogens is 1. The lowest BCUT2D eigenvalue weighted by atomic mass is 10.1. The van der Waals surface area contributed by atoms with Gasteiger partial charge < -0.3 is 5.73 Å². The standard InChI is InChI=1S/C12H15BrN4/c13-10-4-1-3-9(7-10)8-12-15-11(16-17-12)5-2-6-14/h1,3-4,7H,2,5-6,8,14H2,(H,15,16,17). The van der Waals surface area contributed by atoms with Crippen LogP contribution in [-0.4, -0.2) is 21.7 Å². The zero-order chi connectivity index (χ0) is 12.1. The maximum absolute atomic E-state index is 5.45. The molecule has 0 amide bonds. The first kappa shape index (κ1) is 12.3. The van der Waals surface area contributed by atoms with E-state index in [2.05, 4.69) is 43.2 Å². The Bertz CT molecular complexity index is 481. The molecule has 90 valence electrons. The summed E-state index contributed by atoms with van der Waals surface area (Å²) in [4.78, 5) is 4.44. The molecule has 2 aromatic rings. The van der Waals surface area contributed by atoms with Crippen molar-refractivity contribution in [2.75, 3.05) is 6.54 Å². The highest BCUT2D eigenvalue weighted by atomic mass is 79.9. The number of aromatic nitrogens is 3. The first-order valence-electron chi connectivity index (χ1n) is 5.62. The molecule has 0 saturated carbocycles. The first-order valence-corrected chi connectivity index (χ1v) is 6.42. The predicted molar refractivity (Wildman–Crippen MR) is 70.7 cm³/mol. The normalized spacial score (nSPS) is 10.7. The average Bonchev–Trinajstić information content (AvgIpc) is 2.74. The van der Waals surface area contributed by atoms with E-state index in [0.717, 1.165) is 35.4 Å². The van der Waals surface area contributed by atoms with Crippen molar-refractivity contribution in [3.05, 3.63) is 46.0 Å². The summed E-state index contributed by atoms with van der Waals surface area (Å²) in [5.74, 6) is 1.75. The van der Waals surface area contributed by atoms with Gasteiger partial charge in [0.2, 0.25) is 0 Å². The maximum Gasteiger partial charge on any atom is 0.150 e. The third-order valence-corrected chi connectivity index (χ3v) is 2.94. The third-order valence-electron chi connectivity index (χ3n) is 2.44. The summed E-state index contributed by atoms with van der Waals surface area (Å²) in [6.07, 6.45) is 2.54. The van der Waals surface area contributed by atoms with Gasteiger partial charge in [-0.2, -0.15) is 5.10 Å². The van der Waals surface area contributed by atoms with Gasteiger partial charge >= 0.3 is 0 Å². The summed E-state index contributed by atoms with van der Waals surface area (Å²) in [6.45, 7) is 0.676. The fourth-order valence-electron chi connectivity index (χ4n) is 1.63. The van der Waals surface area contributed by atoms with E-state index in [-0.39, 0.29) is 0 Å². The second kappa shape index (κ2) is 5.93. The van der Waals surface area contributed by atoms with Crippen LogP contribution in [0.4, 0.5) is 0 Å². The van der Waals surface area contributed by atoms with Crippen LogP contribution < -0.4 is 5.73 Å². The largest absolute Gasteiger partial charge is 0.330 e. The van der Waals surface area contributed by atoms with E-state index in [4.69, 9.17) is 5.73 Å². The summed E-state index contributed by atoms with van der Waals surface area (Å²) in [5.41, 5.74) is 6.66. The van der Waals surface area contributed by atoms with E-state index >= 15 is 0 Å². The van der Waals surface area contributed by atoms with Crippen molar-refractivity contribution in [2.24, 2.45) is 5.73 Å². The van der Waals surface area contributed by atoms with E-state index < -0.39 is 0 Å². The minimum absolute atomic E-state index is 0.676. The van der Waals surface area contributed by atoms with Crippen molar-refractivity contribution < 1.29 is 0 Å². The minimum atomic E-state index is 0.676. The van der Waals surface area contributed by atoms with Crippen LogP contribution in [0.3, 0.4) is 0 Å². The van der Waals surface area contributed by atoms with Crippen LogP contribution in [0.2, 0.25) is 0 Å². The molecule has 1 aromatic carbocycles. The van der Waals surface area contributed by atoms with E-state index in [1.165, 1.54) is 5.56 Å². The molecular weight excluding hydrogens is 280 g/mol.